The molecule has 1 heterocycles. The van der Waals surface area contributed by atoms with Crippen molar-refractivity contribution in [3.8, 4) is 0 Å². The van der Waals surface area contributed by atoms with E-state index in [-0.39, 0.29) is 0 Å². The standard InChI is InChI=1S/C18H37N/c1-3-5-6-7-8-9-10-11-15-19-16-13-18(12-4-2)14-17-19/h18H,3-17H2,1-2H3. The van der Waals surface area contributed by atoms with Gasteiger partial charge in [0, 0.05) is 0 Å². The Morgan fingerprint density at radius 1 is 0.737 bits per heavy atom. The van der Waals surface area contributed by atoms with Crippen LogP contribution in [0.1, 0.15) is 90.9 Å². The van der Waals surface area contributed by atoms with Crippen LogP contribution in [0.25, 0.3) is 0 Å². The van der Waals surface area contributed by atoms with Crippen LogP contribution in [0.5, 0.6) is 0 Å². The summed E-state index contributed by atoms with van der Waals surface area (Å²) in [5.41, 5.74) is 0. The SMILES string of the molecule is CCCCCCCCCCN1CCC(CCC)CC1. The highest BCUT2D eigenvalue weighted by atomic mass is 15.1. The van der Waals surface area contributed by atoms with Gasteiger partial charge in [-0.1, -0.05) is 71.6 Å². The van der Waals surface area contributed by atoms with E-state index in [1.165, 1.54) is 96.7 Å². The Morgan fingerprint density at radius 2 is 1.32 bits per heavy atom. The molecule has 0 amide bonds. The molecule has 1 aliphatic rings. The van der Waals surface area contributed by atoms with Gasteiger partial charge in [0.25, 0.3) is 0 Å². The summed E-state index contributed by atoms with van der Waals surface area (Å²) in [6.45, 7) is 8.74. The monoisotopic (exact) mass is 267 g/mol. The molecule has 1 heteroatoms. The van der Waals surface area contributed by atoms with Crippen molar-refractivity contribution in [1.82, 2.24) is 4.90 Å². The molecule has 0 unspecified atom stereocenters. The second kappa shape index (κ2) is 11.8. The number of hydrogen-bond donors (Lipinski definition) is 0. The van der Waals surface area contributed by atoms with Crippen LogP contribution < -0.4 is 0 Å². The van der Waals surface area contributed by atoms with Crippen molar-refractivity contribution < 1.29 is 0 Å². The molecule has 0 radical (unpaired) electrons. The normalized spacial score (nSPS) is 18.0. The summed E-state index contributed by atoms with van der Waals surface area (Å²) in [6, 6.07) is 0. The fraction of sp³-hybridized carbons (Fsp3) is 1.00. The summed E-state index contributed by atoms with van der Waals surface area (Å²) in [6.07, 6.45) is 17.3. The Morgan fingerprint density at radius 3 is 1.89 bits per heavy atom. The minimum absolute atomic E-state index is 1.04. The molecule has 0 aromatic rings. The summed E-state index contributed by atoms with van der Waals surface area (Å²) in [4.78, 5) is 2.71. The van der Waals surface area contributed by atoms with Gasteiger partial charge in [0.2, 0.25) is 0 Å². The summed E-state index contributed by atoms with van der Waals surface area (Å²) >= 11 is 0. The summed E-state index contributed by atoms with van der Waals surface area (Å²) in [5, 5.41) is 0. The first kappa shape index (κ1) is 17.0. The molecule has 1 rings (SSSR count). The maximum Gasteiger partial charge on any atom is -0.00161 e. The predicted octanol–water partition coefficient (Wildman–Crippen LogP) is 5.64. The highest BCUT2D eigenvalue weighted by molar-refractivity contribution is 4.71. The van der Waals surface area contributed by atoms with Crippen molar-refractivity contribution in [2.24, 2.45) is 5.92 Å². The first-order valence-electron chi connectivity index (χ1n) is 9.09. The molecule has 114 valence electrons. The minimum Gasteiger partial charge on any atom is -0.303 e. The summed E-state index contributed by atoms with van der Waals surface area (Å²) in [7, 11) is 0. The highest BCUT2D eigenvalue weighted by Gasteiger charge is 2.17. The molecule has 0 atom stereocenters. The Balaban J connectivity index is 1.85. The molecule has 1 fully saturated rings. The van der Waals surface area contributed by atoms with Crippen LogP contribution >= 0.6 is 0 Å². The summed E-state index contributed by atoms with van der Waals surface area (Å²) < 4.78 is 0. The molecule has 1 saturated heterocycles. The fourth-order valence-corrected chi connectivity index (χ4v) is 3.38. The number of hydrogen-bond acceptors (Lipinski definition) is 1. The minimum atomic E-state index is 1.04. The highest BCUT2D eigenvalue weighted by Crippen LogP contribution is 2.21. The van der Waals surface area contributed by atoms with Gasteiger partial charge in [0.15, 0.2) is 0 Å². The second-order valence-corrected chi connectivity index (χ2v) is 6.55. The predicted molar refractivity (Wildman–Crippen MR) is 86.7 cm³/mol. The van der Waals surface area contributed by atoms with Crippen LogP contribution in [0.15, 0.2) is 0 Å². The number of rotatable bonds is 11. The molecular formula is C18H37N. The molecular weight excluding hydrogens is 230 g/mol. The maximum absolute atomic E-state index is 2.71. The van der Waals surface area contributed by atoms with E-state index >= 15 is 0 Å². The van der Waals surface area contributed by atoms with Crippen LogP contribution in [-0.2, 0) is 0 Å². The smallest absolute Gasteiger partial charge is 0.00161 e. The molecule has 0 aromatic heterocycles. The molecule has 0 aliphatic carbocycles. The van der Waals surface area contributed by atoms with Gasteiger partial charge in [0.05, 0.1) is 0 Å². The third kappa shape index (κ3) is 8.68. The lowest BCUT2D eigenvalue weighted by molar-refractivity contribution is 0.175. The van der Waals surface area contributed by atoms with Gasteiger partial charge in [-0.3, -0.25) is 0 Å². The third-order valence-corrected chi connectivity index (χ3v) is 4.73. The number of piperidine rings is 1. The molecule has 0 N–H and O–H groups in total. The van der Waals surface area contributed by atoms with Crippen molar-refractivity contribution in [2.75, 3.05) is 19.6 Å². The van der Waals surface area contributed by atoms with E-state index in [1.54, 1.807) is 0 Å². The molecule has 0 saturated carbocycles. The average molecular weight is 268 g/mol. The first-order chi connectivity index (χ1) is 9.36. The lowest BCUT2D eigenvalue weighted by Gasteiger charge is -2.31. The van der Waals surface area contributed by atoms with Gasteiger partial charge >= 0.3 is 0 Å². The molecule has 1 nitrogen and oxygen atoms in total. The molecule has 1 aliphatic heterocycles. The largest absolute Gasteiger partial charge is 0.303 e. The van der Waals surface area contributed by atoms with Crippen LogP contribution in [-0.4, -0.2) is 24.5 Å². The molecule has 0 bridgehead atoms. The number of likely N-dealkylation sites (tertiary alicyclic amines) is 1. The van der Waals surface area contributed by atoms with Crippen LogP contribution in [0.3, 0.4) is 0 Å². The van der Waals surface area contributed by atoms with Crippen LogP contribution in [0, 0.1) is 5.92 Å². The zero-order chi connectivity index (χ0) is 13.8. The van der Waals surface area contributed by atoms with E-state index in [2.05, 4.69) is 18.7 Å². The van der Waals surface area contributed by atoms with Gasteiger partial charge in [-0.05, 0) is 44.8 Å². The van der Waals surface area contributed by atoms with Crippen molar-refractivity contribution in [2.45, 2.75) is 90.9 Å². The Hall–Kier alpha value is -0.0400. The number of nitrogens with zero attached hydrogens (tertiary/aromatic N) is 1. The first-order valence-corrected chi connectivity index (χ1v) is 9.09. The Kier molecular flexibility index (Phi) is 10.5. The van der Waals surface area contributed by atoms with Gasteiger partial charge in [0.1, 0.15) is 0 Å². The van der Waals surface area contributed by atoms with E-state index in [0.29, 0.717) is 0 Å². The average Bonchev–Trinajstić information content (AvgIpc) is 2.44. The van der Waals surface area contributed by atoms with E-state index in [4.69, 9.17) is 0 Å². The van der Waals surface area contributed by atoms with Crippen molar-refractivity contribution in [3.05, 3.63) is 0 Å². The van der Waals surface area contributed by atoms with Crippen molar-refractivity contribution >= 4 is 0 Å². The second-order valence-electron chi connectivity index (χ2n) is 6.55. The van der Waals surface area contributed by atoms with Gasteiger partial charge < -0.3 is 4.90 Å². The lowest BCUT2D eigenvalue weighted by Crippen LogP contribution is -2.34. The van der Waals surface area contributed by atoms with Crippen molar-refractivity contribution in [3.63, 3.8) is 0 Å². The third-order valence-electron chi connectivity index (χ3n) is 4.73. The fourth-order valence-electron chi connectivity index (χ4n) is 3.38. The van der Waals surface area contributed by atoms with E-state index in [1.807, 2.05) is 0 Å². The maximum atomic E-state index is 2.71. The van der Waals surface area contributed by atoms with E-state index < -0.39 is 0 Å². The van der Waals surface area contributed by atoms with Crippen LogP contribution in [0.4, 0.5) is 0 Å². The Bertz CT molecular complexity index is 182. The van der Waals surface area contributed by atoms with Gasteiger partial charge in [-0.2, -0.15) is 0 Å². The topological polar surface area (TPSA) is 3.24 Å². The van der Waals surface area contributed by atoms with E-state index in [9.17, 15) is 0 Å². The van der Waals surface area contributed by atoms with E-state index in [0.717, 1.165) is 5.92 Å². The van der Waals surface area contributed by atoms with Crippen LogP contribution in [0.2, 0.25) is 0 Å². The summed E-state index contributed by atoms with van der Waals surface area (Å²) in [5.74, 6) is 1.04. The van der Waals surface area contributed by atoms with Gasteiger partial charge in [-0.15, -0.1) is 0 Å². The molecule has 19 heavy (non-hydrogen) atoms. The number of unbranched alkanes of at least 4 members (excludes halogenated alkanes) is 7. The Labute approximate surface area is 122 Å². The quantitative estimate of drug-likeness (QED) is 0.438. The zero-order valence-corrected chi connectivity index (χ0v) is 13.6. The van der Waals surface area contributed by atoms with Gasteiger partial charge in [-0.25, -0.2) is 0 Å². The van der Waals surface area contributed by atoms with Crippen molar-refractivity contribution in [1.29, 1.82) is 0 Å². The molecule has 0 aromatic carbocycles. The lowest BCUT2D eigenvalue weighted by atomic mass is 9.92. The molecule has 0 spiro atoms. The zero-order valence-electron chi connectivity index (χ0n) is 13.6.